The molecule has 0 radical (unpaired) electrons. The first kappa shape index (κ1) is 14.9. The van der Waals surface area contributed by atoms with Crippen molar-refractivity contribution in [1.82, 2.24) is 19.7 Å². The Hall–Kier alpha value is -2.01. The third-order valence-corrected chi connectivity index (χ3v) is 4.43. The fourth-order valence-corrected chi connectivity index (χ4v) is 3.14. The highest BCUT2D eigenvalue weighted by molar-refractivity contribution is 5.84. The Morgan fingerprint density at radius 3 is 2.55 bits per heavy atom. The molecule has 0 unspecified atom stereocenters. The summed E-state index contributed by atoms with van der Waals surface area (Å²) in [4.78, 5) is 21.5. The molecule has 0 saturated carbocycles. The van der Waals surface area contributed by atoms with E-state index >= 15 is 0 Å². The van der Waals surface area contributed by atoms with Gasteiger partial charge in [0.15, 0.2) is 0 Å². The molecule has 1 aromatic heterocycles. The molecule has 3 rings (SSSR count). The number of carbonyl (C=O) groups is 1. The van der Waals surface area contributed by atoms with Gasteiger partial charge in [0.05, 0.1) is 0 Å². The van der Waals surface area contributed by atoms with Gasteiger partial charge < -0.3 is 14.8 Å². The lowest BCUT2D eigenvalue weighted by Gasteiger charge is -2.36. The first-order valence-corrected chi connectivity index (χ1v) is 7.81. The topological polar surface area (TPSA) is 42.6 Å². The molecule has 22 heavy (non-hydrogen) atoms. The maximum atomic E-state index is 12.0. The number of hydrogen-bond acceptors (Lipinski definition) is 2. The van der Waals surface area contributed by atoms with E-state index in [0.29, 0.717) is 0 Å². The van der Waals surface area contributed by atoms with Gasteiger partial charge in [0, 0.05) is 63.4 Å². The second-order valence-electron chi connectivity index (χ2n) is 6.21. The molecule has 5 heteroatoms. The van der Waals surface area contributed by atoms with Gasteiger partial charge in [0.1, 0.15) is 0 Å². The van der Waals surface area contributed by atoms with Crippen LogP contribution in [0.2, 0.25) is 0 Å². The number of fused-ring (bicyclic) bond motifs is 1. The Balaban J connectivity index is 1.67. The summed E-state index contributed by atoms with van der Waals surface area (Å²) in [5.41, 5.74) is 3.83. The van der Waals surface area contributed by atoms with E-state index in [1.54, 1.807) is 4.90 Å². The van der Waals surface area contributed by atoms with Gasteiger partial charge in [0.2, 0.25) is 0 Å². The van der Waals surface area contributed by atoms with Gasteiger partial charge in [-0.2, -0.15) is 0 Å². The number of aryl methyl sites for hydroxylation is 1. The first-order valence-electron chi connectivity index (χ1n) is 7.81. The Morgan fingerprint density at radius 1 is 1.18 bits per heavy atom. The van der Waals surface area contributed by atoms with Crippen molar-refractivity contribution in [2.75, 3.05) is 40.3 Å². The van der Waals surface area contributed by atoms with Crippen LogP contribution in [0.4, 0.5) is 4.79 Å². The number of rotatable bonds is 2. The molecule has 1 aromatic carbocycles. The summed E-state index contributed by atoms with van der Waals surface area (Å²) >= 11 is 0. The van der Waals surface area contributed by atoms with E-state index in [9.17, 15) is 4.79 Å². The Morgan fingerprint density at radius 2 is 1.86 bits per heavy atom. The third kappa shape index (κ3) is 2.81. The molecule has 0 atom stereocenters. The van der Waals surface area contributed by atoms with Gasteiger partial charge in [-0.3, -0.25) is 4.90 Å². The van der Waals surface area contributed by atoms with E-state index in [2.05, 4.69) is 41.1 Å². The van der Waals surface area contributed by atoms with Gasteiger partial charge in [0.25, 0.3) is 0 Å². The van der Waals surface area contributed by atoms with Crippen LogP contribution in [0.5, 0.6) is 0 Å². The zero-order valence-electron chi connectivity index (χ0n) is 13.6. The van der Waals surface area contributed by atoms with Crippen LogP contribution >= 0.6 is 0 Å². The number of H-pyrrole nitrogens is 1. The summed E-state index contributed by atoms with van der Waals surface area (Å²) in [5, 5.41) is 1.31. The van der Waals surface area contributed by atoms with Gasteiger partial charge in [-0.15, -0.1) is 0 Å². The molecule has 0 bridgehead atoms. The van der Waals surface area contributed by atoms with E-state index in [1.165, 1.54) is 22.2 Å². The zero-order valence-corrected chi connectivity index (χ0v) is 13.6. The van der Waals surface area contributed by atoms with Crippen molar-refractivity contribution in [2.45, 2.75) is 13.5 Å². The number of aromatic nitrogens is 1. The summed E-state index contributed by atoms with van der Waals surface area (Å²) < 4.78 is 0. The second kappa shape index (κ2) is 6.01. The number of piperazine rings is 1. The van der Waals surface area contributed by atoms with Crippen LogP contribution in [0.15, 0.2) is 24.3 Å². The number of nitrogens with one attached hydrogen (secondary N) is 1. The Labute approximate surface area is 131 Å². The number of benzene rings is 1. The molecule has 0 spiro atoms. The van der Waals surface area contributed by atoms with Gasteiger partial charge in [-0.05, 0) is 18.6 Å². The molecule has 1 saturated heterocycles. The standard InChI is InChI=1S/C17H24N4O/c1-13-15(14-6-4-5-7-16(14)18-13)12-20-8-10-21(11-9-20)17(22)19(2)3/h4-7,18H,8-12H2,1-3H3. The van der Waals surface area contributed by atoms with Crippen molar-refractivity contribution in [3.05, 3.63) is 35.5 Å². The number of para-hydroxylation sites is 1. The summed E-state index contributed by atoms with van der Waals surface area (Å²) in [6.45, 7) is 6.55. The number of hydrogen-bond donors (Lipinski definition) is 1. The fourth-order valence-electron chi connectivity index (χ4n) is 3.14. The lowest BCUT2D eigenvalue weighted by molar-refractivity contribution is 0.120. The Kier molecular flexibility index (Phi) is 4.07. The van der Waals surface area contributed by atoms with Crippen molar-refractivity contribution >= 4 is 16.9 Å². The molecule has 0 aliphatic carbocycles. The quantitative estimate of drug-likeness (QED) is 0.924. The summed E-state index contributed by atoms with van der Waals surface area (Å²) in [7, 11) is 3.62. The fraction of sp³-hybridized carbons (Fsp3) is 0.471. The molecular weight excluding hydrogens is 276 g/mol. The molecule has 1 aliphatic rings. The van der Waals surface area contributed by atoms with Crippen LogP contribution in [0.25, 0.3) is 10.9 Å². The SMILES string of the molecule is Cc1[nH]c2ccccc2c1CN1CCN(C(=O)N(C)C)CC1. The van der Waals surface area contributed by atoms with Crippen LogP contribution in [-0.2, 0) is 6.54 Å². The van der Waals surface area contributed by atoms with Gasteiger partial charge in [-0.1, -0.05) is 18.2 Å². The molecule has 1 fully saturated rings. The molecular formula is C17H24N4O. The zero-order chi connectivity index (χ0) is 15.7. The molecule has 118 valence electrons. The molecule has 5 nitrogen and oxygen atoms in total. The van der Waals surface area contributed by atoms with Crippen molar-refractivity contribution < 1.29 is 4.79 Å². The first-order chi connectivity index (χ1) is 10.6. The van der Waals surface area contributed by atoms with Crippen LogP contribution in [0.3, 0.4) is 0 Å². The number of aromatic amines is 1. The predicted octanol–water partition coefficient (Wildman–Crippen LogP) is 2.28. The summed E-state index contributed by atoms with van der Waals surface area (Å²) in [5.74, 6) is 0. The van der Waals surface area contributed by atoms with E-state index < -0.39 is 0 Å². The molecule has 2 aromatic rings. The molecule has 2 heterocycles. The summed E-state index contributed by atoms with van der Waals surface area (Å²) in [6.07, 6.45) is 0. The van der Waals surface area contributed by atoms with Crippen LogP contribution in [0, 0.1) is 6.92 Å². The number of nitrogens with zero attached hydrogens (tertiary/aromatic N) is 3. The highest BCUT2D eigenvalue weighted by atomic mass is 16.2. The largest absolute Gasteiger partial charge is 0.358 e. The van der Waals surface area contributed by atoms with E-state index in [-0.39, 0.29) is 6.03 Å². The average Bonchev–Trinajstić information content (AvgIpc) is 2.83. The predicted molar refractivity (Wildman–Crippen MR) is 89.0 cm³/mol. The van der Waals surface area contributed by atoms with Gasteiger partial charge >= 0.3 is 6.03 Å². The average molecular weight is 300 g/mol. The minimum atomic E-state index is 0.114. The highest BCUT2D eigenvalue weighted by Gasteiger charge is 2.23. The molecule has 2 amide bonds. The number of urea groups is 1. The number of carbonyl (C=O) groups excluding carboxylic acids is 1. The van der Waals surface area contributed by atoms with E-state index in [0.717, 1.165) is 32.7 Å². The maximum absolute atomic E-state index is 12.0. The lowest BCUT2D eigenvalue weighted by atomic mass is 10.1. The maximum Gasteiger partial charge on any atom is 0.319 e. The van der Waals surface area contributed by atoms with Crippen LogP contribution in [-0.4, -0.2) is 66.0 Å². The Bertz CT molecular complexity index is 668. The van der Waals surface area contributed by atoms with Crippen molar-refractivity contribution in [3.8, 4) is 0 Å². The smallest absolute Gasteiger partial charge is 0.319 e. The lowest BCUT2D eigenvalue weighted by Crippen LogP contribution is -2.51. The normalized spacial score (nSPS) is 16.2. The van der Waals surface area contributed by atoms with Crippen LogP contribution < -0.4 is 0 Å². The highest BCUT2D eigenvalue weighted by Crippen LogP contribution is 2.23. The second-order valence-corrected chi connectivity index (χ2v) is 6.21. The van der Waals surface area contributed by atoms with Crippen molar-refractivity contribution in [2.24, 2.45) is 0 Å². The van der Waals surface area contributed by atoms with E-state index in [1.807, 2.05) is 19.0 Å². The van der Waals surface area contributed by atoms with Crippen molar-refractivity contribution in [1.29, 1.82) is 0 Å². The van der Waals surface area contributed by atoms with E-state index in [4.69, 9.17) is 0 Å². The molecule has 1 N–H and O–H groups in total. The number of amides is 2. The minimum absolute atomic E-state index is 0.114. The van der Waals surface area contributed by atoms with Crippen molar-refractivity contribution in [3.63, 3.8) is 0 Å². The third-order valence-electron chi connectivity index (χ3n) is 4.43. The minimum Gasteiger partial charge on any atom is -0.358 e. The monoisotopic (exact) mass is 300 g/mol. The van der Waals surface area contributed by atoms with Crippen LogP contribution in [0.1, 0.15) is 11.3 Å². The molecule has 1 aliphatic heterocycles. The van der Waals surface area contributed by atoms with Gasteiger partial charge in [-0.25, -0.2) is 4.79 Å². The summed E-state index contributed by atoms with van der Waals surface area (Å²) in [6, 6.07) is 8.57.